The molecule has 27 heavy (non-hydrogen) atoms. The lowest BCUT2D eigenvalue weighted by Crippen LogP contribution is -2.35. The number of nitrogens with one attached hydrogen (secondary N) is 1. The van der Waals surface area contributed by atoms with E-state index in [1.165, 1.54) is 24.1 Å². The Bertz CT molecular complexity index is 904. The van der Waals surface area contributed by atoms with Crippen LogP contribution >= 0.6 is 0 Å². The highest BCUT2D eigenvalue weighted by atomic mass is 32.2. The Morgan fingerprint density at radius 1 is 0.963 bits per heavy atom. The average Bonchev–Trinajstić information content (AvgIpc) is 2.63. The number of carbonyl (C=O) groups excluding carboxylic acids is 2. The molecule has 0 unspecified atom stereocenters. The van der Waals surface area contributed by atoms with Crippen molar-refractivity contribution in [2.75, 3.05) is 24.7 Å². The van der Waals surface area contributed by atoms with E-state index >= 15 is 0 Å². The first kappa shape index (κ1) is 20.6. The van der Waals surface area contributed by atoms with Gasteiger partial charge >= 0.3 is 0 Å². The third-order valence-electron chi connectivity index (χ3n) is 4.24. The van der Waals surface area contributed by atoms with E-state index in [9.17, 15) is 18.0 Å². The molecule has 2 aromatic rings. The van der Waals surface area contributed by atoms with Crippen molar-refractivity contribution in [2.24, 2.45) is 0 Å². The standard InChI is InChI=1S/C20H24N2O4S/c1-15-8-7-9-16(2)20(15)21-18(23)14-22(3)19(24)12-13-27(25,26)17-10-5-4-6-11-17/h4-11H,12-14H2,1-3H3,(H,21,23). The first-order chi connectivity index (χ1) is 12.7. The maximum Gasteiger partial charge on any atom is 0.243 e. The van der Waals surface area contributed by atoms with E-state index in [0.29, 0.717) is 0 Å². The predicted molar refractivity (Wildman–Crippen MR) is 105 cm³/mol. The summed E-state index contributed by atoms with van der Waals surface area (Å²) in [5.41, 5.74) is 2.60. The number of carbonyl (C=O) groups is 2. The summed E-state index contributed by atoms with van der Waals surface area (Å²) in [6.07, 6.45) is -0.176. The van der Waals surface area contributed by atoms with Crippen LogP contribution in [0.15, 0.2) is 53.4 Å². The molecule has 1 N–H and O–H groups in total. The lowest BCUT2D eigenvalue weighted by atomic mass is 10.1. The Balaban J connectivity index is 1.91. The van der Waals surface area contributed by atoms with Gasteiger partial charge in [0.15, 0.2) is 9.84 Å². The van der Waals surface area contributed by atoms with Gasteiger partial charge in [0.1, 0.15) is 0 Å². The molecule has 0 atom stereocenters. The number of rotatable bonds is 7. The Kier molecular flexibility index (Phi) is 6.74. The molecule has 0 spiro atoms. The van der Waals surface area contributed by atoms with Crippen molar-refractivity contribution < 1.29 is 18.0 Å². The van der Waals surface area contributed by atoms with Gasteiger partial charge in [0.2, 0.25) is 11.8 Å². The molecule has 144 valence electrons. The van der Waals surface area contributed by atoms with Crippen LogP contribution in [0.2, 0.25) is 0 Å². The van der Waals surface area contributed by atoms with Crippen LogP contribution in [0.4, 0.5) is 5.69 Å². The van der Waals surface area contributed by atoms with Crippen molar-refractivity contribution >= 4 is 27.3 Å². The first-order valence-corrected chi connectivity index (χ1v) is 10.2. The topological polar surface area (TPSA) is 83.6 Å². The maximum atomic E-state index is 12.2. The summed E-state index contributed by atoms with van der Waals surface area (Å²) in [5.74, 6) is -1.01. The molecule has 7 heteroatoms. The van der Waals surface area contributed by atoms with E-state index in [1.54, 1.807) is 18.2 Å². The Hall–Kier alpha value is -2.67. The summed E-state index contributed by atoms with van der Waals surface area (Å²) in [4.78, 5) is 25.9. The van der Waals surface area contributed by atoms with Gasteiger partial charge in [0.05, 0.1) is 17.2 Å². The largest absolute Gasteiger partial charge is 0.336 e. The number of amides is 2. The van der Waals surface area contributed by atoms with Gasteiger partial charge in [-0.3, -0.25) is 9.59 Å². The highest BCUT2D eigenvalue weighted by Gasteiger charge is 2.19. The number of nitrogens with zero attached hydrogens (tertiary/aromatic N) is 1. The minimum atomic E-state index is -3.53. The van der Waals surface area contributed by atoms with Crippen molar-refractivity contribution in [1.29, 1.82) is 0 Å². The summed E-state index contributed by atoms with van der Waals surface area (Å²) >= 11 is 0. The van der Waals surface area contributed by atoms with Gasteiger partial charge in [0, 0.05) is 19.2 Å². The monoisotopic (exact) mass is 388 g/mol. The fourth-order valence-electron chi connectivity index (χ4n) is 2.65. The molecular formula is C20H24N2O4S. The van der Waals surface area contributed by atoms with Crippen LogP contribution in [0.1, 0.15) is 17.5 Å². The summed E-state index contributed by atoms with van der Waals surface area (Å²) < 4.78 is 24.5. The molecule has 0 aliphatic carbocycles. The fraction of sp³-hybridized carbons (Fsp3) is 0.300. The highest BCUT2D eigenvalue weighted by Crippen LogP contribution is 2.19. The van der Waals surface area contributed by atoms with E-state index in [-0.39, 0.29) is 29.5 Å². The Morgan fingerprint density at radius 2 is 1.56 bits per heavy atom. The number of benzene rings is 2. The third kappa shape index (κ3) is 5.65. The van der Waals surface area contributed by atoms with Gasteiger partial charge in [0.25, 0.3) is 0 Å². The molecule has 2 amide bonds. The number of para-hydroxylation sites is 1. The number of sulfone groups is 1. The Labute approximate surface area is 160 Å². The van der Waals surface area contributed by atoms with Crippen LogP contribution in [0.5, 0.6) is 0 Å². The zero-order valence-corrected chi connectivity index (χ0v) is 16.5. The highest BCUT2D eigenvalue weighted by molar-refractivity contribution is 7.91. The lowest BCUT2D eigenvalue weighted by molar-refractivity contribution is -0.132. The Morgan fingerprint density at radius 3 is 2.15 bits per heavy atom. The molecule has 0 fully saturated rings. The van der Waals surface area contributed by atoms with Crippen LogP contribution in [-0.4, -0.2) is 44.5 Å². The van der Waals surface area contributed by atoms with E-state index in [2.05, 4.69) is 5.32 Å². The van der Waals surface area contributed by atoms with Crippen molar-refractivity contribution in [3.05, 3.63) is 59.7 Å². The molecule has 6 nitrogen and oxygen atoms in total. The first-order valence-electron chi connectivity index (χ1n) is 8.58. The minimum absolute atomic E-state index is 0.141. The average molecular weight is 388 g/mol. The molecule has 0 saturated carbocycles. The van der Waals surface area contributed by atoms with Gasteiger partial charge in [-0.25, -0.2) is 8.42 Å². The molecule has 0 aliphatic rings. The number of anilines is 1. The van der Waals surface area contributed by atoms with Gasteiger partial charge < -0.3 is 10.2 Å². The zero-order valence-electron chi connectivity index (χ0n) is 15.7. The quantitative estimate of drug-likeness (QED) is 0.790. The normalized spacial score (nSPS) is 11.1. The van der Waals surface area contributed by atoms with E-state index < -0.39 is 15.7 Å². The second-order valence-electron chi connectivity index (χ2n) is 6.45. The molecule has 0 bridgehead atoms. The van der Waals surface area contributed by atoms with Crippen LogP contribution in [0, 0.1) is 13.8 Å². The predicted octanol–water partition coefficient (Wildman–Crippen LogP) is 2.56. The summed E-state index contributed by atoms with van der Waals surface area (Å²) in [5, 5.41) is 2.81. The number of likely N-dealkylation sites (N-methyl/N-ethyl adjacent to an activating group) is 1. The van der Waals surface area contributed by atoms with Crippen LogP contribution < -0.4 is 5.32 Å². The van der Waals surface area contributed by atoms with Crippen molar-refractivity contribution in [3.63, 3.8) is 0 Å². The molecule has 0 saturated heterocycles. The van der Waals surface area contributed by atoms with Crippen molar-refractivity contribution in [3.8, 4) is 0 Å². The molecule has 0 heterocycles. The number of hydrogen-bond acceptors (Lipinski definition) is 4. The number of aryl methyl sites for hydroxylation is 2. The molecule has 0 aliphatic heterocycles. The molecule has 2 rings (SSSR count). The summed E-state index contributed by atoms with van der Waals surface area (Å²) in [7, 11) is -2.04. The van der Waals surface area contributed by atoms with Gasteiger partial charge in [-0.05, 0) is 37.1 Å². The summed E-state index contributed by atoms with van der Waals surface area (Å²) in [6.45, 7) is 3.65. The maximum absolute atomic E-state index is 12.2. The van der Waals surface area contributed by atoms with Crippen LogP contribution in [-0.2, 0) is 19.4 Å². The van der Waals surface area contributed by atoms with Gasteiger partial charge in [-0.15, -0.1) is 0 Å². The van der Waals surface area contributed by atoms with E-state index in [1.807, 2.05) is 32.0 Å². The number of hydrogen-bond donors (Lipinski definition) is 1. The molecule has 2 aromatic carbocycles. The van der Waals surface area contributed by atoms with Crippen LogP contribution in [0.3, 0.4) is 0 Å². The summed E-state index contributed by atoms with van der Waals surface area (Å²) in [6, 6.07) is 13.7. The van der Waals surface area contributed by atoms with Gasteiger partial charge in [-0.1, -0.05) is 36.4 Å². The second-order valence-corrected chi connectivity index (χ2v) is 8.56. The zero-order chi connectivity index (χ0) is 20.0. The second kappa shape index (κ2) is 8.81. The smallest absolute Gasteiger partial charge is 0.243 e. The molecule has 0 radical (unpaired) electrons. The third-order valence-corrected chi connectivity index (χ3v) is 5.97. The van der Waals surface area contributed by atoms with Crippen LogP contribution in [0.25, 0.3) is 0 Å². The molecule has 0 aromatic heterocycles. The van der Waals surface area contributed by atoms with E-state index in [4.69, 9.17) is 0 Å². The minimum Gasteiger partial charge on any atom is -0.336 e. The molecular weight excluding hydrogens is 364 g/mol. The fourth-order valence-corrected chi connectivity index (χ4v) is 3.90. The van der Waals surface area contributed by atoms with Crippen molar-refractivity contribution in [2.45, 2.75) is 25.2 Å². The van der Waals surface area contributed by atoms with E-state index in [0.717, 1.165) is 16.8 Å². The SMILES string of the molecule is Cc1cccc(C)c1NC(=O)CN(C)C(=O)CCS(=O)(=O)c1ccccc1. The van der Waals surface area contributed by atoms with Crippen molar-refractivity contribution in [1.82, 2.24) is 4.90 Å². The van der Waals surface area contributed by atoms with Gasteiger partial charge in [-0.2, -0.15) is 0 Å². The lowest BCUT2D eigenvalue weighted by Gasteiger charge is -2.18.